The highest BCUT2D eigenvalue weighted by Gasteiger charge is 2.01. The second-order valence-electron chi connectivity index (χ2n) is 4.06. The Hall–Kier alpha value is -1.73. The third-order valence-corrected chi connectivity index (χ3v) is 3.32. The zero-order valence-electron chi connectivity index (χ0n) is 13.1. The number of benzene rings is 2. The summed E-state index contributed by atoms with van der Waals surface area (Å²) in [4.78, 5) is 19.6. The highest BCUT2D eigenvalue weighted by atomic mass is 79.9. The van der Waals surface area contributed by atoms with Crippen LogP contribution in [-0.4, -0.2) is 0 Å². The summed E-state index contributed by atoms with van der Waals surface area (Å²) in [6, 6.07) is 8.38. The molecule has 0 fully saturated rings. The number of nitrogens with zero attached hydrogens (tertiary/aromatic N) is 2. The molecule has 0 amide bonds. The predicted molar refractivity (Wildman–Crippen MR) is 95.9 cm³/mol. The van der Waals surface area contributed by atoms with Crippen LogP contribution in [0.5, 0.6) is 0 Å². The molecular formula is C16H16BrClF2N2O2. The van der Waals surface area contributed by atoms with Crippen LogP contribution in [0, 0.1) is 21.4 Å². The van der Waals surface area contributed by atoms with Gasteiger partial charge in [0.2, 0.25) is 0 Å². The van der Waals surface area contributed by atoms with Crippen LogP contribution in [-0.2, 0) is 13.1 Å². The molecule has 2 rings (SSSR count). The first-order valence-corrected chi connectivity index (χ1v) is 8.11. The van der Waals surface area contributed by atoms with Crippen LogP contribution in [0.15, 0.2) is 51.2 Å². The SMILES string of the molecule is CC.O=NCc1cc(Cl)ccc1F.O=NCc1ccc(F)c(Br)c1. The number of halogens is 4. The lowest BCUT2D eigenvalue weighted by molar-refractivity contribution is 0.610. The van der Waals surface area contributed by atoms with Crippen LogP contribution < -0.4 is 0 Å². The van der Waals surface area contributed by atoms with E-state index in [0.29, 0.717) is 15.1 Å². The van der Waals surface area contributed by atoms with Gasteiger partial charge in [-0.2, -0.15) is 9.81 Å². The van der Waals surface area contributed by atoms with Gasteiger partial charge in [-0.1, -0.05) is 41.9 Å². The average Bonchev–Trinajstić information content (AvgIpc) is 2.57. The minimum absolute atomic E-state index is 0.0822. The fourth-order valence-corrected chi connectivity index (χ4v) is 2.07. The lowest BCUT2D eigenvalue weighted by Crippen LogP contribution is -1.86. The van der Waals surface area contributed by atoms with E-state index in [1.165, 1.54) is 36.4 Å². The van der Waals surface area contributed by atoms with Crippen molar-refractivity contribution in [3.63, 3.8) is 0 Å². The van der Waals surface area contributed by atoms with Gasteiger partial charge in [-0.15, -0.1) is 0 Å². The van der Waals surface area contributed by atoms with E-state index >= 15 is 0 Å². The normalized spacial score (nSPS) is 9.08. The van der Waals surface area contributed by atoms with Crippen LogP contribution in [0.4, 0.5) is 8.78 Å². The van der Waals surface area contributed by atoms with Crippen molar-refractivity contribution in [1.29, 1.82) is 0 Å². The molecule has 0 aliphatic rings. The molecule has 130 valence electrons. The van der Waals surface area contributed by atoms with Crippen LogP contribution in [0.1, 0.15) is 25.0 Å². The van der Waals surface area contributed by atoms with E-state index in [2.05, 4.69) is 26.3 Å². The standard InChI is InChI=1S/C7H5BrFNO.C7H5ClFNO.C2H6/c8-6-3-5(4-10-11)1-2-7(6)9;8-6-1-2-7(9)5(3-6)4-10-11;1-2/h2*1-3H,4H2;1-2H3. The molecule has 0 unspecified atom stereocenters. The number of hydrogen-bond donors (Lipinski definition) is 0. The molecule has 0 spiro atoms. The molecule has 8 heteroatoms. The third kappa shape index (κ3) is 8.21. The molecule has 0 aliphatic heterocycles. The van der Waals surface area contributed by atoms with E-state index in [-0.39, 0.29) is 24.5 Å². The van der Waals surface area contributed by atoms with E-state index < -0.39 is 5.82 Å². The number of rotatable bonds is 4. The lowest BCUT2D eigenvalue weighted by Gasteiger charge is -1.96. The Balaban J connectivity index is 0.000000400. The number of hydrogen-bond acceptors (Lipinski definition) is 4. The van der Waals surface area contributed by atoms with E-state index in [9.17, 15) is 18.6 Å². The Bertz CT molecular complexity index is 673. The van der Waals surface area contributed by atoms with Gasteiger partial charge >= 0.3 is 0 Å². The van der Waals surface area contributed by atoms with E-state index in [0.717, 1.165) is 0 Å². The van der Waals surface area contributed by atoms with E-state index in [1.54, 1.807) is 0 Å². The lowest BCUT2D eigenvalue weighted by atomic mass is 10.2. The van der Waals surface area contributed by atoms with Crippen molar-refractivity contribution in [2.75, 3.05) is 0 Å². The fraction of sp³-hybridized carbons (Fsp3) is 0.250. The summed E-state index contributed by atoms with van der Waals surface area (Å²) in [5, 5.41) is 5.65. The highest BCUT2D eigenvalue weighted by Crippen LogP contribution is 2.17. The monoisotopic (exact) mass is 420 g/mol. The maximum Gasteiger partial charge on any atom is 0.137 e. The smallest absolute Gasteiger partial charge is 0.137 e. The molecule has 4 nitrogen and oxygen atoms in total. The Morgan fingerprint density at radius 1 is 0.958 bits per heavy atom. The first-order chi connectivity index (χ1) is 11.5. The van der Waals surface area contributed by atoms with Crippen LogP contribution >= 0.6 is 27.5 Å². The van der Waals surface area contributed by atoms with Gasteiger partial charge in [0.05, 0.1) is 4.47 Å². The zero-order chi connectivity index (χ0) is 18.5. The molecule has 0 atom stereocenters. The summed E-state index contributed by atoms with van der Waals surface area (Å²) in [5.41, 5.74) is 0.931. The molecule has 0 bridgehead atoms. The molecule has 0 aromatic heterocycles. The fourth-order valence-electron chi connectivity index (χ4n) is 1.45. The summed E-state index contributed by atoms with van der Waals surface area (Å²) >= 11 is 8.54. The van der Waals surface area contributed by atoms with Crippen molar-refractivity contribution in [2.24, 2.45) is 10.4 Å². The second kappa shape index (κ2) is 12.7. The van der Waals surface area contributed by atoms with Gasteiger partial charge < -0.3 is 0 Å². The average molecular weight is 422 g/mol. The summed E-state index contributed by atoms with van der Waals surface area (Å²) < 4.78 is 25.6. The van der Waals surface area contributed by atoms with Crippen molar-refractivity contribution >= 4 is 27.5 Å². The second-order valence-corrected chi connectivity index (χ2v) is 5.35. The Morgan fingerprint density at radius 2 is 1.54 bits per heavy atom. The van der Waals surface area contributed by atoms with Crippen LogP contribution in [0.25, 0.3) is 0 Å². The third-order valence-electron chi connectivity index (χ3n) is 2.47. The number of nitroso groups, excluding NO2 is 2. The minimum Gasteiger partial charge on any atom is -0.207 e. The largest absolute Gasteiger partial charge is 0.207 e. The molecule has 0 radical (unpaired) electrons. The summed E-state index contributed by atoms with van der Waals surface area (Å²) in [6.45, 7) is 3.91. The molecule has 2 aromatic rings. The quantitative estimate of drug-likeness (QED) is 0.520. The Morgan fingerprint density at radius 3 is 2.08 bits per heavy atom. The van der Waals surface area contributed by atoms with Gasteiger partial charge in [0.15, 0.2) is 0 Å². The maximum atomic E-state index is 12.7. The van der Waals surface area contributed by atoms with Crippen molar-refractivity contribution in [2.45, 2.75) is 26.9 Å². The zero-order valence-corrected chi connectivity index (χ0v) is 15.4. The molecular weight excluding hydrogens is 406 g/mol. The molecule has 24 heavy (non-hydrogen) atoms. The maximum absolute atomic E-state index is 12.7. The first-order valence-electron chi connectivity index (χ1n) is 6.94. The predicted octanol–water partition coefficient (Wildman–Crippen LogP) is 6.63. The first kappa shape index (κ1) is 22.3. The van der Waals surface area contributed by atoms with E-state index in [1.807, 2.05) is 13.8 Å². The summed E-state index contributed by atoms with van der Waals surface area (Å²) in [7, 11) is 0. The van der Waals surface area contributed by atoms with Crippen LogP contribution in [0.3, 0.4) is 0 Å². The summed E-state index contributed by atoms with van der Waals surface area (Å²) in [6.07, 6.45) is 0. The van der Waals surface area contributed by atoms with Gasteiger partial charge in [-0.25, -0.2) is 8.78 Å². The molecule has 0 N–H and O–H groups in total. The van der Waals surface area contributed by atoms with Crippen molar-refractivity contribution in [3.8, 4) is 0 Å². The Labute approximate surface area is 152 Å². The van der Waals surface area contributed by atoms with Gasteiger partial charge in [0.1, 0.15) is 24.7 Å². The van der Waals surface area contributed by atoms with Crippen molar-refractivity contribution < 1.29 is 8.78 Å². The van der Waals surface area contributed by atoms with Gasteiger partial charge in [-0.3, -0.25) is 0 Å². The van der Waals surface area contributed by atoms with Gasteiger partial charge in [0.25, 0.3) is 0 Å². The molecule has 0 heterocycles. The Kier molecular flexibility index (Phi) is 11.8. The molecule has 0 saturated heterocycles. The molecule has 2 aromatic carbocycles. The van der Waals surface area contributed by atoms with E-state index in [4.69, 9.17) is 11.6 Å². The van der Waals surface area contributed by atoms with Gasteiger partial charge in [-0.05, 0) is 51.8 Å². The highest BCUT2D eigenvalue weighted by molar-refractivity contribution is 9.10. The minimum atomic E-state index is -0.450. The van der Waals surface area contributed by atoms with Crippen molar-refractivity contribution in [1.82, 2.24) is 0 Å². The topological polar surface area (TPSA) is 58.9 Å². The van der Waals surface area contributed by atoms with Crippen LogP contribution in [0.2, 0.25) is 5.02 Å². The summed E-state index contributed by atoms with van der Waals surface area (Å²) in [5.74, 6) is -0.784. The van der Waals surface area contributed by atoms with Gasteiger partial charge in [0, 0.05) is 10.6 Å². The molecule has 0 saturated carbocycles. The van der Waals surface area contributed by atoms with Crippen molar-refractivity contribution in [3.05, 3.63) is 78.5 Å². The molecule has 0 aliphatic carbocycles.